The fourth-order valence-corrected chi connectivity index (χ4v) is 1.74. The van der Waals surface area contributed by atoms with Gasteiger partial charge in [0.1, 0.15) is 5.75 Å². The molecule has 1 aromatic rings. The molecule has 4 nitrogen and oxygen atoms in total. The number of aliphatic hydroxyl groups excluding tert-OH is 1. The van der Waals surface area contributed by atoms with Gasteiger partial charge in [-0.1, -0.05) is 17.7 Å². The Morgan fingerprint density at radius 2 is 2.11 bits per heavy atom. The summed E-state index contributed by atoms with van der Waals surface area (Å²) in [4.78, 5) is 11.6. The van der Waals surface area contributed by atoms with Gasteiger partial charge >= 0.3 is 0 Å². The number of rotatable bonds is 4. The molecule has 1 rings (SSSR count). The van der Waals surface area contributed by atoms with E-state index in [1.807, 2.05) is 20.8 Å². The molecule has 0 aromatic heterocycles. The smallest absolute Gasteiger partial charge is 0.258 e. The van der Waals surface area contributed by atoms with Crippen LogP contribution in [0.1, 0.15) is 39.4 Å². The van der Waals surface area contributed by atoms with E-state index in [1.165, 1.54) is 0 Å². The Kier molecular flexibility index (Phi) is 5.20. The minimum atomic E-state index is -0.587. The van der Waals surface area contributed by atoms with Crippen molar-refractivity contribution in [1.82, 2.24) is 5.32 Å². The number of ether oxygens (including phenoxy) is 1. The number of benzene rings is 1. The molecule has 0 spiro atoms. The predicted octanol–water partition coefficient (Wildman–Crippen LogP) is 2.69. The molecule has 5 heteroatoms. The van der Waals surface area contributed by atoms with Crippen molar-refractivity contribution in [3.05, 3.63) is 28.8 Å². The second kappa shape index (κ2) is 6.26. The van der Waals surface area contributed by atoms with E-state index in [4.69, 9.17) is 16.3 Å². The van der Waals surface area contributed by atoms with Crippen LogP contribution in [0.25, 0.3) is 0 Å². The Labute approximate surface area is 118 Å². The summed E-state index contributed by atoms with van der Waals surface area (Å²) in [6, 6.07) is 4.99. The highest BCUT2D eigenvalue weighted by Crippen LogP contribution is 2.27. The zero-order valence-corrected chi connectivity index (χ0v) is 12.4. The summed E-state index contributed by atoms with van der Waals surface area (Å²) in [6.07, 6.45) is -0.587. The molecule has 0 aliphatic carbocycles. The topological polar surface area (TPSA) is 58.6 Å². The van der Waals surface area contributed by atoms with E-state index in [0.717, 1.165) is 0 Å². The van der Waals surface area contributed by atoms with Crippen LogP contribution >= 0.6 is 11.6 Å². The average Bonchev–Trinajstić information content (AvgIpc) is 2.24. The third-order valence-corrected chi connectivity index (χ3v) is 2.61. The standard InChI is InChI=1S/C14H20ClNO3/c1-9(17)10-5-6-12(11(15)7-10)19-8-13(18)16-14(2,3)4/h5-7,9,17H,8H2,1-4H3,(H,16,18)/t9-/m0/s1. The number of aliphatic hydroxyl groups is 1. The van der Waals surface area contributed by atoms with Gasteiger partial charge in [0.15, 0.2) is 6.61 Å². The molecule has 1 amide bonds. The third-order valence-electron chi connectivity index (χ3n) is 2.31. The summed E-state index contributed by atoms with van der Waals surface area (Å²) in [5.74, 6) is 0.221. The van der Waals surface area contributed by atoms with Gasteiger partial charge in [0.25, 0.3) is 5.91 Å². The Morgan fingerprint density at radius 1 is 1.47 bits per heavy atom. The van der Waals surface area contributed by atoms with Crippen LogP contribution in [0.4, 0.5) is 0 Å². The van der Waals surface area contributed by atoms with Crippen LogP contribution < -0.4 is 10.1 Å². The molecule has 0 heterocycles. The van der Waals surface area contributed by atoms with Gasteiger partial charge in [-0.25, -0.2) is 0 Å². The summed E-state index contributed by atoms with van der Waals surface area (Å²) in [5, 5.41) is 12.6. The van der Waals surface area contributed by atoms with Crippen molar-refractivity contribution in [2.45, 2.75) is 39.3 Å². The lowest BCUT2D eigenvalue weighted by Gasteiger charge is -2.20. The Hall–Kier alpha value is -1.26. The number of nitrogens with one attached hydrogen (secondary N) is 1. The summed E-state index contributed by atoms with van der Waals surface area (Å²) in [5.41, 5.74) is 0.414. The maximum atomic E-state index is 11.6. The maximum absolute atomic E-state index is 11.6. The van der Waals surface area contributed by atoms with Gasteiger partial charge in [-0.15, -0.1) is 0 Å². The van der Waals surface area contributed by atoms with Crippen LogP contribution in [0.15, 0.2) is 18.2 Å². The Bertz CT molecular complexity index is 452. The number of amides is 1. The predicted molar refractivity (Wildman–Crippen MR) is 75.5 cm³/mol. The van der Waals surface area contributed by atoms with Gasteiger partial charge in [-0.3, -0.25) is 4.79 Å². The van der Waals surface area contributed by atoms with Crippen molar-refractivity contribution in [3.8, 4) is 5.75 Å². The van der Waals surface area contributed by atoms with Crippen molar-refractivity contribution < 1.29 is 14.6 Å². The first-order valence-corrected chi connectivity index (χ1v) is 6.48. The molecule has 0 bridgehead atoms. The molecule has 0 aliphatic heterocycles. The molecule has 0 fully saturated rings. The van der Waals surface area contributed by atoms with Gasteiger partial charge in [0, 0.05) is 5.54 Å². The largest absolute Gasteiger partial charge is 0.482 e. The van der Waals surface area contributed by atoms with Crippen molar-refractivity contribution in [1.29, 1.82) is 0 Å². The number of hydrogen-bond acceptors (Lipinski definition) is 3. The summed E-state index contributed by atoms with van der Waals surface area (Å²) >= 11 is 6.02. The van der Waals surface area contributed by atoms with Gasteiger partial charge in [-0.05, 0) is 45.4 Å². The zero-order chi connectivity index (χ0) is 14.6. The Balaban J connectivity index is 2.61. The van der Waals surface area contributed by atoms with Crippen molar-refractivity contribution in [3.63, 3.8) is 0 Å². The lowest BCUT2D eigenvalue weighted by Crippen LogP contribution is -2.43. The van der Waals surface area contributed by atoms with Crippen LogP contribution in [-0.2, 0) is 4.79 Å². The first kappa shape index (κ1) is 15.8. The van der Waals surface area contributed by atoms with E-state index in [0.29, 0.717) is 16.3 Å². The molecule has 0 aliphatic rings. The minimum absolute atomic E-state index is 0.0922. The quantitative estimate of drug-likeness (QED) is 0.894. The number of carbonyl (C=O) groups is 1. The van der Waals surface area contributed by atoms with E-state index in [2.05, 4.69) is 5.32 Å². The van der Waals surface area contributed by atoms with Crippen LogP contribution in [-0.4, -0.2) is 23.2 Å². The van der Waals surface area contributed by atoms with Gasteiger partial charge in [0.05, 0.1) is 11.1 Å². The van der Waals surface area contributed by atoms with Crippen LogP contribution in [0.3, 0.4) is 0 Å². The molecule has 19 heavy (non-hydrogen) atoms. The molecule has 1 atom stereocenters. The zero-order valence-electron chi connectivity index (χ0n) is 11.7. The van der Waals surface area contributed by atoms with Crippen LogP contribution in [0, 0.1) is 0 Å². The molecular formula is C14H20ClNO3. The normalized spacial score (nSPS) is 12.9. The summed E-state index contributed by atoms with van der Waals surface area (Å²) in [6.45, 7) is 7.26. The van der Waals surface area contributed by atoms with Crippen LogP contribution in [0.2, 0.25) is 5.02 Å². The minimum Gasteiger partial charge on any atom is -0.482 e. The van der Waals surface area contributed by atoms with Crippen LogP contribution in [0.5, 0.6) is 5.75 Å². The molecule has 2 N–H and O–H groups in total. The molecule has 106 valence electrons. The van der Waals surface area contributed by atoms with Gasteiger partial charge in [-0.2, -0.15) is 0 Å². The summed E-state index contributed by atoms with van der Waals surface area (Å²) in [7, 11) is 0. The Morgan fingerprint density at radius 3 is 2.58 bits per heavy atom. The maximum Gasteiger partial charge on any atom is 0.258 e. The molecule has 0 saturated heterocycles. The SMILES string of the molecule is C[C@H](O)c1ccc(OCC(=O)NC(C)(C)C)c(Cl)c1. The number of hydrogen-bond donors (Lipinski definition) is 2. The number of carbonyl (C=O) groups excluding carboxylic acids is 1. The second-order valence-electron chi connectivity index (χ2n) is 5.45. The molecule has 1 aromatic carbocycles. The highest BCUT2D eigenvalue weighted by atomic mass is 35.5. The number of halogens is 1. The van der Waals surface area contributed by atoms with Crippen molar-refractivity contribution >= 4 is 17.5 Å². The molecule has 0 saturated carbocycles. The second-order valence-corrected chi connectivity index (χ2v) is 5.86. The molecular weight excluding hydrogens is 266 g/mol. The van der Waals surface area contributed by atoms with E-state index in [1.54, 1.807) is 25.1 Å². The van der Waals surface area contributed by atoms with E-state index in [9.17, 15) is 9.90 Å². The first-order valence-electron chi connectivity index (χ1n) is 6.10. The monoisotopic (exact) mass is 285 g/mol. The average molecular weight is 286 g/mol. The van der Waals surface area contributed by atoms with Gasteiger partial charge < -0.3 is 15.2 Å². The van der Waals surface area contributed by atoms with E-state index >= 15 is 0 Å². The van der Waals surface area contributed by atoms with E-state index < -0.39 is 6.10 Å². The molecule has 0 radical (unpaired) electrons. The lowest BCUT2D eigenvalue weighted by atomic mass is 10.1. The molecule has 0 unspecified atom stereocenters. The fraction of sp³-hybridized carbons (Fsp3) is 0.500. The summed E-state index contributed by atoms with van der Waals surface area (Å²) < 4.78 is 5.35. The van der Waals surface area contributed by atoms with E-state index in [-0.39, 0.29) is 18.1 Å². The van der Waals surface area contributed by atoms with Gasteiger partial charge in [0.2, 0.25) is 0 Å². The first-order chi connectivity index (χ1) is 8.69. The van der Waals surface area contributed by atoms with Crippen molar-refractivity contribution in [2.24, 2.45) is 0 Å². The highest BCUT2D eigenvalue weighted by molar-refractivity contribution is 6.32. The van der Waals surface area contributed by atoms with Crippen molar-refractivity contribution in [2.75, 3.05) is 6.61 Å². The fourth-order valence-electron chi connectivity index (χ4n) is 1.49. The third kappa shape index (κ3) is 5.49. The lowest BCUT2D eigenvalue weighted by molar-refractivity contribution is -0.124. The highest BCUT2D eigenvalue weighted by Gasteiger charge is 2.14.